The van der Waals surface area contributed by atoms with E-state index in [1.165, 1.54) is 18.4 Å². The summed E-state index contributed by atoms with van der Waals surface area (Å²) in [6.45, 7) is 0.863. The molecular weight excluding hydrogens is 488 g/mol. The molecule has 3 aromatic rings. The molecule has 39 heavy (non-hydrogen) atoms. The van der Waals surface area contributed by atoms with Crippen LogP contribution in [0.3, 0.4) is 0 Å². The molecule has 3 aromatic carbocycles. The standard InChI is InChI=1S/C33H38N2O4/c1-38-29-19-18-27(22-30(29)39-2)23-31(36)35(24-26-14-8-4-9-15-26)32(28-16-10-5-11-17-28)33(37)34-21-20-25-12-6-3-7-13-25/h4-5,8-12,14-19,22,32H,3,6-7,13,20-21,23-24H2,1-2H3,(H,34,37)/t32-/m1/s1. The van der Waals surface area contributed by atoms with Crippen LogP contribution >= 0.6 is 0 Å². The number of nitrogens with one attached hydrogen (secondary N) is 1. The molecule has 0 aliphatic heterocycles. The lowest BCUT2D eigenvalue weighted by atomic mass is 9.97. The third-order valence-corrected chi connectivity index (χ3v) is 7.13. The minimum atomic E-state index is -0.764. The van der Waals surface area contributed by atoms with E-state index in [-0.39, 0.29) is 18.2 Å². The van der Waals surface area contributed by atoms with Gasteiger partial charge in [0.1, 0.15) is 6.04 Å². The maximum atomic E-state index is 14.0. The van der Waals surface area contributed by atoms with Crippen molar-refractivity contribution >= 4 is 11.8 Å². The quantitative estimate of drug-likeness (QED) is 0.293. The molecule has 204 valence electrons. The molecule has 0 saturated heterocycles. The number of carbonyl (C=O) groups excluding carboxylic acids is 2. The van der Waals surface area contributed by atoms with Gasteiger partial charge in [-0.15, -0.1) is 0 Å². The fraction of sp³-hybridized carbons (Fsp3) is 0.333. The fourth-order valence-corrected chi connectivity index (χ4v) is 5.05. The van der Waals surface area contributed by atoms with Crippen LogP contribution in [-0.2, 0) is 22.6 Å². The molecule has 4 rings (SSSR count). The molecule has 1 aliphatic rings. The van der Waals surface area contributed by atoms with Gasteiger partial charge in [0.05, 0.1) is 20.6 Å². The van der Waals surface area contributed by atoms with Gasteiger partial charge in [0.25, 0.3) is 0 Å². The third-order valence-electron chi connectivity index (χ3n) is 7.13. The van der Waals surface area contributed by atoms with Gasteiger partial charge in [0, 0.05) is 13.1 Å². The summed E-state index contributed by atoms with van der Waals surface area (Å²) in [6.07, 6.45) is 7.93. The molecule has 6 nitrogen and oxygen atoms in total. The van der Waals surface area contributed by atoms with Crippen molar-refractivity contribution in [3.63, 3.8) is 0 Å². The van der Waals surface area contributed by atoms with Gasteiger partial charge >= 0.3 is 0 Å². The van der Waals surface area contributed by atoms with Crippen LogP contribution in [0.5, 0.6) is 11.5 Å². The lowest BCUT2D eigenvalue weighted by Crippen LogP contribution is -2.44. The van der Waals surface area contributed by atoms with Gasteiger partial charge in [-0.1, -0.05) is 78.4 Å². The number of amides is 2. The Bertz CT molecular complexity index is 1260. The van der Waals surface area contributed by atoms with E-state index in [1.54, 1.807) is 25.2 Å². The maximum absolute atomic E-state index is 14.0. The summed E-state index contributed by atoms with van der Waals surface area (Å²) >= 11 is 0. The topological polar surface area (TPSA) is 67.9 Å². The third kappa shape index (κ3) is 7.73. The number of hydrogen-bond acceptors (Lipinski definition) is 4. The number of carbonyl (C=O) groups is 2. The van der Waals surface area contributed by atoms with Crippen LogP contribution in [0.4, 0.5) is 0 Å². The first-order chi connectivity index (χ1) is 19.1. The van der Waals surface area contributed by atoms with Crippen molar-refractivity contribution in [2.75, 3.05) is 20.8 Å². The predicted octanol–water partition coefficient (Wildman–Crippen LogP) is 6.02. The molecule has 0 spiro atoms. The second kappa shape index (κ2) is 14.2. The highest BCUT2D eigenvalue weighted by molar-refractivity contribution is 5.89. The van der Waals surface area contributed by atoms with Crippen LogP contribution in [-0.4, -0.2) is 37.5 Å². The van der Waals surface area contributed by atoms with Crippen molar-refractivity contribution in [2.45, 2.75) is 51.1 Å². The molecule has 6 heteroatoms. The molecule has 0 fully saturated rings. The summed E-state index contributed by atoms with van der Waals surface area (Å²) in [6, 6.07) is 24.0. The molecule has 1 atom stereocenters. The Morgan fingerprint density at radius 2 is 1.59 bits per heavy atom. The Kier molecular flexibility index (Phi) is 10.2. The molecule has 0 radical (unpaired) electrons. The average molecular weight is 527 g/mol. The Hall–Kier alpha value is -4.06. The van der Waals surface area contributed by atoms with E-state index in [0.717, 1.165) is 36.0 Å². The minimum absolute atomic E-state index is 0.122. The normalized spacial score (nSPS) is 13.6. The van der Waals surface area contributed by atoms with Gasteiger partial charge in [0.15, 0.2) is 11.5 Å². The first-order valence-corrected chi connectivity index (χ1v) is 13.6. The van der Waals surface area contributed by atoms with Crippen LogP contribution in [0.25, 0.3) is 0 Å². The largest absolute Gasteiger partial charge is 0.493 e. The molecule has 0 saturated carbocycles. The van der Waals surface area contributed by atoms with Gasteiger partial charge in [-0.2, -0.15) is 0 Å². The zero-order valence-corrected chi connectivity index (χ0v) is 22.9. The Morgan fingerprint density at radius 1 is 0.872 bits per heavy atom. The number of allylic oxidation sites excluding steroid dienone is 1. The number of nitrogens with zero attached hydrogens (tertiary/aromatic N) is 1. The minimum Gasteiger partial charge on any atom is -0.493 e. The van der Waals surface area contributed by atoms with Gasteiger partial charge in [0.2, 0.25) is 11.8 Å². The summed E-state index contributed by atoms with van der Waals surface area (Å²) < 4.78 is 10.8. The highest BCUT2D eigenvalue weighted by Crippen LogP contribution is 2.29. The van der Waals surface area contributed by atoms with Gasteiger partial charge in [-0.25, -0.2) is 0 Å². The smallest absolute Gasteiger partial charge is 0.247 e. The van der Waals surface area contributed by atoms with Crippen molar-refractivity contribution in [2.24, 2.45) is 0 Å². The van der Waals surface area contributed by atoms with Crippen molar-refractivity contribution in [1.82, 2.24) is 10.2 Å². The number of methoxy groups -OCH3 is 2. The summed E-state index contributed by atoms with van der Waals surface area (Å²) in [5, 5.41) is 3.14. The Labute approximate surface area is 231 Å². The second-order valence-electron chi connectivity index (χ2n) is 9.84. The second-order valence-corrected chi connectivity index (χ2v) is 9.84. The summed E-state index contributed by atoms with van der Waals surface area (Å²) in [5.41, 5.74) is 3.93. The molecule has 1 N–H and O–H groups in total. The molecule has 1 aliphatic carbocycles. The summed E-state index contributed by atoms with van der Waals surface area (Å²) in [4.78, 5) is 29.5. The van der Waals surface area contributed by atoms with Crippen LogP contribution < -0.4 is 14.8 Å². The van der Waals surface area contributed by atoms with E-state index < -0.39 is 6.04 Å². The summed E-state index contributed by atoms with van der Waals surface area (Å²) in [7, 11) is 3.16. The molecule has 0 bridgehead atoms. The first-order valence-electron chi connectivity index (χ1n) is 13.6. The molecule has 2 amide bonds. The first kappa shape index (κ1) is 28.0. The van der Waals surface area contributed by atoms with E-state index in [9.17, 15) is 9.59 Å². The predicted molar refractivity (Wildman–Crippen MR) is 154 cm³/mol. The number of hydrogen-bond donors (Lipinski definition) is 1. The monoisotopic (exact) mass is 526 g/mol. The van der Waals surface area contributed by atoms with Crippen molar-refractivity contribution < 1.29 is 19.1 Å². The van der Waals surface area contributed by atoms with E-state index >= 15 is 0 Å². The van der Waals surface area contributed by atoms with Crippen molar-refractivity contribution in [3.8, 4) is 11.5 Å². The fourth-order valence-electron chi connectivity index (χ4n) is 5.05. The Morgan fingerprint density at radius 3 is 2.26 bits per heavy atom. The van der Waals surface area contributed by atoms with E-state index in [1.807, 2.05) is 72.8 Å². The van der Waals surface area contributed by atoms with Crippen molar-refractivity contribution in [3.05, 3.63) is 107 Å². The lowest BCUT2D eigenvalue weighted by molar-refractivity contribution is -0.141. The number of rotatable bonds is 12. The number of ether oxygens (including phenoxy) is 2. The average Bonchev–Trinajstić information content (AvgIpc) is 2.98. The van der Waals surface area contributed by atoms with Crippen molar-refractivity contribution in [1.29, 1.82) is 0 Å². The lowest BCUT2D eigenvalue weighted by Gasteiger charge is -2.32. The maximum Gasteiger partial charge on any atom is 0.247 e. The van der Waals surface area contributed by atoms with E-state index in [0.29, 0.717) is 24.6 Å². The van der Waals surface area contributed by atoms with E-state index in [4.69, 9.17) is 9.47 Å². The molecule has 0 unspecified atom stereocenters. The zero-order chi connectivity index (χ0) is 27.5. The SMILES string of the molecule is COc1ccc(CC(=O)N(Cc2ccccc2)[C@@H](C(=O)NCCC2=CCCCC2)c2ccccc2)cc1OC. The van der Waals surface area contributed by atoms with Gasteiger partial charge in [-0.3, -0.25) is 9.59 Å². The van der Waals surface area contributed by atoms with Gasteiger partial charge in [-0.05, 0) is 60.9 Å². The number of benzene rings is 3. The molecule has 0 aromatic heterocycles. The van der Waals surface area contributed by atoms with Gasteiger partial charge < -0.3 is 19.7 Å². The van der Waals surface area contributed by atoms with Crippen LogP contribution in [0.1, 0.15) is 54.8 Å². The van der Waals surface area contributed by atoms with Crippen LogP contribution in [0.15, 0.2) is 90.5 Å². The molecular formula is C33H38N2O4. The van der Waals surface area contributed by atoms with E-state index in [2.05, 4.69) is 11.4 Å². The van der Waals surface area contributed by atoms with Crippen LogP contribution in [0.2, 0.25) is 0 Å². The molecule has 0 heterocycles. The Balaban J connectivity index is 1.61. The summed E-state index contributed by atoms with van der Waals surface area (Å²) in [5.74, 6) is 0.843. The highest BCUT2D eigenvalue weighted by Gasteiger charge is 2.31. The highest BCUT2D eigenvalue weighted by atomic mass is 16.5. The zero-order valence-electron chi connectivity index (χ0n) is 22.9. The van der Waals surface area contributed by atoms with Crippen LogP contribution in [0, 0.1) is 0 Å².